The summed E-state index contributed by atoms with van der Waals surface area (Å²) in [6.07, 6.45) is 0. The SMILES string of the molecule is N#Cc1ccc(-c2c3ccccc3c(-c3cc4c(-c5ccccc5)nc5ccc6ccccc6c5c4c4ccccc34)c3ccccc23)c2ccccc12. The number of nitriles is 1. The first-order valence-corrected chi connectivity index (χ1v) is 18.4. The second-order valence-electron chi connectivity index (χ2n) is 14.1. The topological polar surface area (TPSA) is 36.7 Å². The number of hydrogen-bond acceptors (Lipinski definition) is 2. The Morgan fingerprint density at radius 3 is 1.54 bits per heavy atom. The van der Waals surface area contributed by atoms with Gasteiger partial charge in [-0.3, -0.25) is 0 Å². The minimum atomic E-state index is 0.686. The van der Waals surface area contributed by atoms with E-state index in [1.165, 1.54) is 70.6 Å². The molecule has 11 rings (SSSR count). The molecule has 0 unspecified atom stereocenters. The molecule has 248 valence electrons. The van der Waals surface area contributed by atoms with Crippen LogP contribution in [0.15, 0.2) is 182 Å². The minimum Gasteiger partial charge on any atom is -0.247 e. The maximum atomic E-state index is 10.0. The van der Waals surface area contributed by atoms with E-state index in [1.807, 2.05) is 12.1 Å². The van der Waals surface area contributed by atoms with Crippen molar-refractivity contribution < 1.29 is 0 Å². The highest BCUT2D eigenvalue weighted by Gasteiger charge is 2.23. The van der Waals surface area contributed by atoms with Crippen molar-refractivity contribution in [3.05, 3.63) is 188 Å². The molecule has 0 aliphatic rings. The molecule has 0 N–H and O–H groups in total. The first-order valence-electron chi connectivity index (χ1n) is 18.4. The lowest BCUT2D eigenvalue weighted by molar-refractivity contribution is 1.43. The summed E-state index contributed by atoms with van der Waals surface area (Å²) < 4.78 is 0. The number of hydrogen-bond donors (Lipinski definition) is 0. The molecule has 0 saturated carbocycles. The van der Waals surface area contributed by atoms with Crippen LogP contribution in [0.2, 0.25) is 0 Å². The van der Waals surface area contributed by atoms with Crippen LogP contribution in [0.4, 0.5) is 0 Å². The predicted octanol–water partition coefficient (Wildman–Crippen LogP) is 14.0. The van der Waals surface area contributed by atoms with Crippen LogP contribution in [0.3, 0.4) is 0 Å². The Kier molecular flexibility index (Phi) is 6.65. The fraction of sp³-hybridized carbons (Fsp3) is 0. The van der Waals surface area contributed by atoms with Crippen molar-refractivity contribution in [2.75, 3.05) is 0 Å². The van der Waals surface area contributed by atoms with Crippen molar-refractivity contribution in [2.24, 2.45) is 0 Å². The van der Waals surface area contributed by atoms with Gasteiger partial charge in [-0.15, -0.1) is 0 Å². The van der Waals surface area contributed by atoms with Crippen molar-refractivity contribution in [3.8, 4) is 39.6 Å². The molecule has 0 aliphatic carbocycles. The molecule has 0 spiro atoms. The highest BCUT2D eigenvalue weighted by atomic mass is 14.7. The summed E-state index contributed by atoms with van der Waals surface area (Å²) >= 11 is 0. The molecule has 1 aromatic heterocycles. The normalized spacial score (nSPS) is 11.7. The van der Waals surface area contributed by atoms with Gasteiger partial charge >= 0.3 is 0 Å². The van der Waals surface area contributed by atoms with Gasteiger partial charge in [0.25, 0.3) is 0 Å². The maximum absolute atomic E-state index is 10.0. The number of benzene rings is 10. The number of aromatic nitrogens is 1. The molecule has 0 atom stereocenters. The summed E-state index contributed by atoms with van der Waals surface area (Å²) in [6.45, 7) is 0. The van der Waals surface area contributed by atoms with E-state index < -0.39 is 0 Å². The van der Waals surface area contributed by atoms with Crippen molar-refractivity contribution >= 4 is 75.5 Å². The molecule has 2 heteroatoms. The van der Waals surface area contributed by atoms with E-state index >= 15 is 0 Å². The van der Waals surface area contributed by atoms with E-state index in [1.54, 1.807) is 0 Å². The summed E-state index contributed by atoms with van der Waals surface area (Å²) in [5.41, 5.74) is 8.45. The number of rotatable bonds is 3. The van der Waals surface area contributed by atoms with E-state index in [0.717, 1.165) is 38.5 Å². The lowest BCUT2D eigenvalue weighted by Gasteiger charge is -2.21. The number of pyridine rings is 1. The Hall–Kier alpha value is -7.34. The summed E-state index contributed by atoms with van der Waals surface area (Å²) in [6, 6.07) is 67.4. The number of nitrogens with zero attached hydrogens (tertiary/aromatic N) is 2. The largest absolute Gasteiger partial charge is 0.247 e. The van der Waals surface area contributed by atoms with Crippen LogP contribution in [0.1, 0.15) is 5.56 Å². The Labute approximate surface area is 311 Å². The minimum absolute atomic E-state index is 0.686. The van der Waals surface area contributed by atoms with Gasteiger partial charge in [0, 0.05) is 27.1 Å². The zero-order valence-corrected chi connectivity index (χ0v) is 29.2. The van der Waals surface area contributed by atoms with E-state index in [9.17, 15) is 5.26 Å². The third-order valence-corrected chi connectivity index (χ3v) is 11.3. The fourth-order valence-corrected chi connectivity index (χ4v) is 8.97. The smallest absolute Gasteiger partial charge is 0.0998 e. The fourth-order valence-electron chi connectivity index (χ4n) is 8.97. The van der Waals surface area contributed by atoms with Crippen LogP contribution in [-0.2, 0) is 0 Å². The summed E-state index contributed by atoms with van der Waals surface area (Å²) in [5, 5.41) is 25.2. The Balaban J connectivity index is 1.34. The quantitative estimate of drug-likeness (QED) is 0.137. The summed E-state index contributed by atoms with van der Waals surface area (Å²) in [4.78, 5) is 5.46. The molecule has 2 nitrogen and oxygen atoms in total. The van der Waals surface area contributed by atoms with Crippen LogP contribution in [-0.4, -0.2) is 4.98 Å². The highest BCUT2D eigenvalue weighted by molar-refractivity contribution is 6.33. The average Bonchev–Trinajstić information content (AvgIpc) is 3.24. The van der Waals surface area contributed by atoms with Gasteiger partial charge in [-0.2, -0.15) is 5.26 Å². The molecule has 0 bridgehead atoms. The molecular weight excluding hydrogens is 653 g/mol. The first kappa shape index (κ1) is 30.3. The van der Waals surface area contributed by atoms with Gasteiger partial charge in [0.15, 0.2) is 0 Å². The molecule has 11 aromatic rings. The van der Waals surface area contributed by atoms with Crippen LogP contribution in [0, 0.1) is 11.3 Å². The van der Waals surface area contributed by atoms with Crippen molar-refractivity contribution in [1.82, 2.24) is 4.98 Å². The second-order valence-corrected chi connectivity index (χ2v) is 14.1. The van der Waals surface area contributed by atoms with Gasteiger partial charge in [-0.25, -0.2) is 4.98 Å². The van der Waals surface area contributed by atoms with E-state index in [2.05, 4.69) is 176 Å². The van der Waals surface area contributed by atoms with Gasteiger partial charge < -0.3 is 0 Å². The molecule has 10 aromatic carbocycles. The van der Waals surface area contributed by atoms with Crippen molar-refractivity contribution in [3.63, 3.8) is 0 Å². The van der Waals surface area contributed by atoms with Gasteiger partial charge in [0.2, 0.25) is 0 Å². The lowest BCUT2D eigenvalue weighted by atomic mass is 9.82. The first-order chi connectivity index (χ1) is 26.8. The molecule has 0 fully saturated rings. The standard InChI is InChI=1S/C52H30N2/c53-31-34-26-28-44(37-19-7-6-17-35(34)37)48-40-22-10-12-24-42(40)49(43-25-13-11-23-41(43)48)45-30-46-50(39-21-9-8-20-38(39)45)51-36-18-5-4-14-32(36)27-29-47(51)54-52(46)33-15-2-1-3-16-33/h1-30H. The summed E-state index contributed by atoms with van der Waals surface area (Å²) in [7, 11) is 0. The van der Waals surface area contributed by atoms with Crippen LogP contribution < -0.4 is 0 Å². The van der Waals surface area contributed by atoms with Crippen LogP contribution in [0.25, 0.3) is 109 Å². The van der Waals surface area contributed by atoms with Crippen molar-refractivity contribution in [2.45, 2.75) is 0 Å². The van der Waals surface area contributed by atoms with Gasteiger partial charge in [-0.1, -0.05) is 164 Å². The van der Waals surface area contributed by atoms with E-state index in [0.29, 0.717) is 5.56 Å². The molecule has 54 heavy (non-hydrogen) atoms. The van der Waals surface area contributed by atoms with Gasteiger partial charge in [-0.05, 0) is 88.9 Å². The molecule has 0 saturated heterocycles. The lowest BCUT2D eigenvalue weighted by Crippen LogP contribution is -1.95. The predicted molar refractivity (Wildman–Crippen MR) is 228 cm³/mol. The molecular formula is C52H30N2. The van der Waals surface area contributed by atoms with Gasteiger partial charge in [0.05, 0.1) is 22.8 Å². The zero-order valence-electron chi connectivity index (χ0n) is 29.2. The van der Waals surface area contributed by atoms with Crippen LogP contribution in [0.5, 0.6) is 0 Å². The molecule has 0 aliphatic heterocycles. The third-order valence-electron chi connectivity index (χ3n) is 11.3. The molecule has 0 amide bonds. The average molecular weight is 683 g/mol. The monoisotopic (exact) mass is 682 g/mol. The van der Waals surface area contributed by atoms with Crippen LogP contribution >= 0.6 is 0 Å². The Morgan fingerprint density at radius 1 is 0.370 bits per heavy atom. The third kappa shape index (κ3) is 4.36. The van der Waals surface area contributed by atoms with E-state index in [4.69, 9.17) is 4.98 Å². The number of fused-ring (bicyclic) bond motifs is 10. The molecule has 0 radical (unpaired) electrons. The van der Waals surface area contributed by atoms with Crippen molar-refractivity contribution in [1.29, 1.82) is 5.26 Å². The van der Waals surface area contributed by atoms with Gasteiger partial charge in [0.1, 0.15) is 0 Å². The zero-order chi connectivity index (χ0) is 35.8. The summed E-state index contributed by atoms with van der Waals surface area (Å²) in [5.74, 6) is 0. The highest BCUT2D eigenvalue weighted by Crippen LogP contribution is 2.49. The second kappa shape index (κ2) is 11.9. The Morgan fingerprint density at radius 2 is 0.889 bits per heavy atom. The maximum Gasteiger partial charge on any atom is 0.0998 e. The molecule has 1 heterocycles. The van der Waals surface area contributed by atoms with E-state index in [-0.39, 0.29) is 0 Å². The Bertz CT molecular complexity index is 3330.